The van der Waals surface area contributed by atoms with E-state index in [0.29, 0.717) is 37.2 Å². The maximum atomic E-state index is 10.7. The molecule has 4 heteroatoms. The number of rotatable bonds is 1. The van der Waals surface area contributed by atoms with Crippen molar-refractivity contribution < 1.29 is 19.1 Å². The molecule has 2 aliphatic rings. The Morgan fingerprint density at radius 3 is 1.50 bits per heavy atom. The molecule has 0 aromatic carbocycles. The monoisotopic (exact) mass is 194 g/mol. The predicted octanol–water partition coefficient (Wildman–Crippen LogP) is 1.43. The predicted molar refractivity (Wildman–Crippen MR) is 46.8 cm³/mol. The lowest BCUT2D eigenvalue weighted by Crippen LogP contribution is -1.90. The Labute approximate surface area is 81.2 Å². The van der Waals surface area contributed by atoms with Gasteiger partial charge in [-0.1, -0.05) is 0 Å². The summed E-state index contributed by atoms with van der Waals surface area (Å²) in [6, 6.07) is 0. The number of ether oxygens (including phenoxy) is 2. The highest BCUT2D eigenvalue weighted by Gasteiger charge is 2.18. The van der Waals surface area contributed by atoms with Gasteiger partial charge in [0.15, 0.2) is 0 Å². The minimum atomic E-state index is -0.196. The quantitative estimate of drug-likeness (QED) is 0.592. The van der Waals surface area contributed by atoms with E-state index >= 15 is 0 Å². The molecule has 14 heavy (non-hydrogen) atoms. The highest BCUT2D eigenvalue weighted by Crippen LogP contribution is 2.21. The van der Waals surface area contributed by atoms with E-state index in [1.54, 1.807) is 12.2 Å². The van der Waals surface area contributed by atoms with Crippen molar-refractivity contribution in [3.63, 3.8) is 0 Å². The van der Waals surface area contributed by atoms with Crippen LogP contribution in [0.4, 0.5) is 0 Å². The van der Waals surface area contributed by atoms with Crippen LogP contribution in [0.2, 0.25) is 0 Å². The van der Waals surface area contributed by atoms with Gasteiger partial charge in [0.25, 0.3) is 0 Å². The SMILES string of the molecule is O=C1CC/C(=C\C=C2/CCC(=O)O2)O1. The van der Waals surface area contributed by atoms with Gasteiger partial charge in [-0.15, -0.1) is 0 Å². The molecule has 74 valence electrons. The second kappa shape index (κ2) is 3.65. The first-order valence-corrected chi connectivity index (χ1v) is 4.55. The molecule has 0 aliphatic carbocycles. The summed E-state index contributed by atoms with van der Waals surface area (Å²) in [7, 11) is 0. The Bertz CT molecular complexity index is 304. The Balaban J connectivity index is 1.98. The minimum Gasteiger partial charge on any atom is -0.431 e. The van der Waals surface area contributed by atoms with E-state index in [-0.39, 0.29) is 11.9 Å². The van der Waals surface area contributed by atoms with Gasteiger partial charge in [-0.3, -0.25) is 9.59 Å². The van der Waals surface area contributed by atoms with Crippen LogP contribution < -0.4 is 0 Å². The maximum absolute atomic E-state index is 10.7. The van der Waals surface area contributed by atoms with Crippen LogP contribution in [0.5, 0.6) is 0 Å². The molecule has 0 aromatic heterocycles. The molecule has 4 nitrogen and oxygen atoms in total. The molecule has 0 radical (unpaired) electrons. The second-order valence-electron chi connectivity index (χ2n) is 3.21. The van der Waals surface area contributed by atoms with E-state index in [9.17, 15) is 9.59 Å². The first-order valence-electron chi connectivity index (χ1n) is 4.55. The molecule has 2 aliphatic heterocycles. The van der Waals surface area contributed by atoms with E-state index in [0.717, 1.165) is 0 Å². The van der Waals surface area contributed by atoms with Gasteiger partial charge in [0.1, 0.15) is 11.5 Å². The summed E-state index contributed by atoms with van der Waals surface area (Å²) in [4.78, 5) is 21.5. The number of allylic oxidation sites excluding steroid dienone is 4. The van der Waals surface area contributed by atoms with Crippen LogP contribution in [0.3, 0.4) is 0 Å². The largest absolute Gasteiger partial charge is 0.431 e. The van der Waals surface area contributed by atoms with Gasteiger partial charge in [-0.2, -0.15) is 0 Å². The number of hydrogen-bond donors (Lipinski definition) is 0. The molecule has 2 rings (SSSR count). The van der Waals surface area contributed by atoms with Gasteiger partial charge in [0.05, 0.1) is 12.8 Å². The molecular formula is C10H10O4. The third-order valence-electron chi connectivity index (χ3n) is 2.10. The lowest BCUT2D eigenvalue weighted by Gasteiger charge is -1.94. The van der Waals surface area contributed by atoms with Crippen LogP contribution >= 0.6 is 0 Å². The van der Waals surface area contributed by atoms with Crippen LogP contribution in [0, 0.1) is 0 Å². The number of cyclic esters (lactones) is 2. The summed E-state index contributed by atoms with van der Waals surface area (Å²) in [5, 5.41) is 0. The van der Waals surface area contributed by atoms with E-state index in [4.69, 9.17) is 9.47 Å². The van der Waals surface area contributed by atoms with Crippen LogP contribution in [0.15, 0.2) is 23.7 Å². The van der Waals surface area contributed by atoms with Gasteiger partial charge in [0.2, 0.25) is 0 Å². The zero-order chi connectivity index (χ0) is 9.97. The molecule has 0 atom stereocenters. The average Bonchev–Trinajstić information content (AvgIpc) is 2.72. The molecule has 0 saturated carbocycles. The van der Waals surface area contributed by atoms with E-state index in [2.05, 4.69) is 0 Å². The van der Waals surface area contributed by atoms with Gasteiger partial charge in [-0.25, -0.2) is 0 Å². The average molecular weight is 194 g/mol. The van der Waals surface area contributed by atoms with Gasteiger partial charge >= 0.3 is 11.9 Å². The zero-order valence-electron chi connectivity index (χ0n) is 7.62. The topological polar surface area (TPSA) is 52.6 Å². The molecule has 0 aromatic rings. The normalized spacial score (nSPS) is 27.1. The third-order valence-corrected chi connectivity index (χ3v) is 2.10. The van der Waals surface area contributed by atoms with Gasteiger partial charge in [0, 0.05) is 12.8 Å². The summed E-state index contributed by atoms with van der Waals surface area (Å²) >= 11 is 0. The van der Waals surface area contributed by atoms with Crippen LogP contribution in [-0.2, 0) is 19.1 Å². The fourth-order valence-corrected chi connectivity index (χ4v) is 1.37. The van der Waals surface area contributed by atoms with Gasteiger partial charge < -0.3 is 9.47 Å². The summed E-state index contributed by atoms with van der Waals surface area (Å²) in [5.41, 5.74) is 0. The molecule has 0 unspecified atom stereocenters. The fraction of sp³-hybridized carbons (Fsp3) is 0.400. The molecular weight excluding hydrogens is 184 g/mol. The zero-order valence-corrected chi connectivity index (χ0v) is 7.62. The molecule has 2 saturated heterocycles. The van der Waals surface area contributed by atoms with Crippen molar-refractivity contribution in [3.05, 3.63) is 23.7 Å². The number of hydrogen-bond acceptors (Lipinski definition) is 4. The van der Waals surface area contributed by atoms with Crippen molar-refractivity contribution in [2.45, 2.75) is 25.7 Å². The molecule has 0 amide bonds. The summed E-state index contributed by atoms with van der Waals surface area (Å²) in [6.07, 6.45) is 5.54. The highest BCUT2D eigenvalue weighted by molar-refractivity contribution is 5.74. The smallest absolute Gasteiger partial charge is 0.311 e. The Morgan fingerprint density at radius 1 is 0.786 bits per heavy atom. The fourth-order valence-electron chi connectivity index (χ4n) is 1.37. The number of esters is 2. The number of carbonyl (C=O) groups excluding carboxylic acids is 2. The van der Waals surface area contributed by atoms with Crippen molar-refractivity contribution in [1.29, 1.82) is 0 Å². The molecule has 0 spiro atoms. The lowest BCUT2D eigenvalue weighted by molar-refractivity contribution is -0.136. The third kappa shape index (κ3) is 2.02. The van der Waals surface area contributed by atoms with E-state index in [1.807, 2.05) is 0 Å². The summed E-state index contributed by atoms with van der Waals surface area (Å²) < 4.78 is 9.77. The molecule has 2 fully saturated rings. The van der Waals surface area contributed by atoms with Gasteiger partial charge in [-0.05, 0) is 12.2 Å². The molecule has 0 N–H and O–H groups in total. The van der Waals surface area contributed by atoms with Crippen molar-refractivity contribution in [3.8, 4) is 0 Å². The highest BCUT2D eigenvalue weighted by atomic mass is 16.5. The lowest BCUT2D eigenvalue weighted by atomic mass is 10.2. The van der Waals surface area contributed by atoms with Crippen LogP contribution in [-0.4, -0.2) is 11.9 Å². The first kappa shape index (κ1) is 8.99. The minimum absolute atomic E-state index is 0.196. The molecule has 2 heterocycles. The number of carbonyl (C=O) groups is 2. The summed E-state index contributed by atoms with van der Waals surface area (Å²) in [6.45, 7) is 0. The van der Waals surface area contributed by atoms with Crippen LogP contribution in [0.25, 0.3) is 0 Å². The maximum Gasteiger partial charge on any atom is 0.311 e. The van der Waals surface area contributed by atoms with Crippen molar-refractivity contribution in [2.24, 2.45) is 0 Å². The van der Waals surface area contributed by atoms with Crippen LogP contribution in [0.1, 0.15) is 25.7 Å². The Kier molecular flexibility index (Phi) is 2.35. The van der Waals surface area contributed by atoms with Crippen molar-refractivity contribution in [2.75, 3.05) is 0 Å². The standard InChI is InChI=1S/C10H10O4/c11-9-5-3-7(13-9)1-2-8-4-6-10(12)14-8/h1-2H,3-6H2/b7-1+,8-2+. The second-order valence-corrected chi connectivity index (χ2v) is 3.21. The van der Waals surface area contributed by atoms with E-state index in [1.165, 1.54) is 0 Å². The first-order chi connectivity index (χ1) is 6.74. The Morgan fingerprint density at radius 2 is 1.21 bits per heavy atom. The van der Waals surface area contributed by atoms with E-state index < -0.39 is 0 Å². The molecule has 0 bridgehead atoms. The summed E-state index contributed by atoms with van der Waals surface area (Å²) in [5.74, 6) is 0.895. The van der Waals surface area contributed by atoms with Crippen molar-refractivity contribution >= 4 is 11.9 Å². The Hall–Kier alpha value is -1.58. The van der Waals surface area contributed by atoms with Crippen molar-refractivity contribution in [1.82, 2.24) is 0 Å².